The van der Waals surface area contributed by atoms with Crippen LogP contribution in [0.15, 0.2) is 0 Å². The standard InChI is InChI=1S/Al.F4N/c;1-5(2,3)4/q+3;+1. The minimum absolute atomic E-state index is 0. The van der Waals surface area contributed by atoms with Crippen LogP contribution >= 0.6 is 0 Å². The van der Waals surface area contributed by atoms with Crippen molar-refractivity contribution in [1.29, 1.82) is 0 Å². The predicted molar refractivity (Wildman–Crippen MR) is 10.4 cm³/mol. The molecule has 0 aliphatic carbocycles. The van der Waals surface area contributed by atoms with E-state index in [0.717, 1.165) is 0 Å². The second kappa shape index (κ2) is 2.40. The summed E-state index contributed by atoms with van der Waals surface area (Å²) in [6, 6.07) is 0. The Balaban J connectivity index is 0. The predicted octanol–water partition coefficient (Wildman–Crippen LogP) is 0.960. The number of halogens is 4. The zero-order valence-electron chi connectivity index (χ0n) is 2.54. The maximum absolute atomic E-state index is 9.62. The fourth-order valence-corrected chi connectivity index (χ4v) is 0. The van der Waals surface area contributed by atoms with Crippen LogP contribution in [-0.4, -0.2) is 22.7 Å². The van der Waals surface area contributed by atoms with Gasteiger partial charge in [-0.15, -0.1) is 0 Å². The monoisotopic (exact) mass is 117 g/mol. The molecule has 0 aliphatic rings. The molecule has 6 heavy (non-hydrogen) atoms. The van der Waals surface area contributed by atoms with Crippen LogP contribution in [0.1, 0.15) is 0 Å². The van der Waals surface area contributed by atoms with Crippen molar-refractivity contribution in [2.75, 3.05) is 0 Å². The second-order valence-corrected chi connectivity index (χ2v) is 0.383. The zero-order valence-corrected chi connectivity index (χ0v) is 3.69. The third kappa shape index (κ3) is 963. The summed E-state index contributed by atoms with van der Waals surface area (Å²) in [6.07, 6.45) is 0. The summed E-state index contributed by atoms with van der Waals surface area (Å²) in [5, 5.41) is -5.00. The average Bonchev–Trinajstić information content (AvgIpc) is 0.722. The number of hydrogen-bond acceptors (Lipinski definition) is 0. The van der Waals surface area contributed by atoms with E-state index in [-0.39, 0.29) is 17.4 Å². The van der Waals surface area contributed by atoms with E-state index in [1.165, 1.54) is 0 Å². The molecule has 0 saturated carbocycles. The molecule has 0 unspecified atom stereocenters. The molecular formula is AlF4N+4. The quantitative estimate of drug-likeness (QED) is 0.252. The molecule has 0 N–H and O–H groups in total. The molecule has 0 aromatic rings. The molecular weight excluding hydrogens is 117 g/mol. The largest absolute Gasteiger partial charge is 3.00 e. The Kier molecular flexibility index (Phi) is 3.80. The summed E-state index contributed by atoms with van der Waals surface area (Å²) in [6.45, 7) is 0. The first kappa shape index (κ1) is 9.51. The molecule has 0 spiro atoms. The summed E-state index contributed by atoms with van der Waals surface area (Å²) >= 11 is 0. The molecule has 0 bridgehead atoms. The van der Waals surface area contributed by atoms with Crippen LogP contribution in [0.5, 0.6) is 0 Å². The topological polar surface area (TPSA) is 0 Å². The molecule has 0 radical (unpaired) electrons. The molecule has 0 rings (SSSR count). The first-order chi connectivity index (χ1) is 2.00. The van der Waals surface area contributed by atoms with Gasteiger partial charge in [0.15, 0.2) is 0 Å². The Morgan fingerprint density at radius 3 is 0.833 bits per heavy atom. The number of nitrogens with zero attached hydrogens (tertiary/aromatic N) is 1. The van der Waals surface area contributed by atoms with Gasteiger partial charge in [0.25, 0.3) is 0 Å². The van der Waals surface area contributed by atoms with Gasteiger partial charge < -0.3 is 0 Å². The van der Waals surface area contributed by atoms with E-state index in [4.69, 9.17) is 0 Å². The van der Waals surface area contributed by atoms with Gasteiger partial charge >= 0.3 is 22.7 Å². The van der Waals surface area contributed by atoms with Gasteiger partial charge in [-0.05, 0) is 0 Å². The third-order valence-corrected chi connectivity index (χ3v) is 0. The van der Waals surface area contributed by atoms with Crippen molar-refractivity contribution in [2.45, 2.75) is 0 Å². The fourth-order valence-electron chi connectivity index (χ4n) is 0. The van der Waals surface area contributed by atoms with Crippen LogP contribution in [0.3, 0.4) is 0 Å². The molecule has 0 fully saturated rings. The Bertz CT molecular complexity index is 23.0. The van der Waals surface area contributed by atoms with Crippen molar-refractivity contribution in [3.63, 3.8) is 0 Å². The van der Waals surface area contributed by atoms with Crippen molar-refractivity contribution in [2.24, 2.45) is 0 Å². The normalized spacial score (nSPS) is 10.0. The molecule has 0 aromatic heterocycles. The van der Waals surface area contributed by atoms with Gasteiger partial charge in [0, 0.05) is 0 Å². The molecule has 0 heterocycles. The van der Waals surface area contributed by atoms with Crippen LogP contribution in [0.2, 0.25) is 0 Å². The van der Waals surface area contributed by atoms with Crippen molar-refractivity contribution >= 4 is 17.4 Å². The van der Waals surface area contributed by atoms with Gasteiger partial charge in [0.1, 0.15) is 17.9 Å². The molecule has 0 saturated heterocycles. The molecule has 0 atom stereocenters. The first-order valence-corrected chi connectivity index (χ1v) is 0.676. The minimum atomic E-state index is -5.00. The molecule has 32 valence electrons. The number of rotatable bonds is 0. The van der Waals surface area contributed by atoms with Crippen LogP contribution in [0, 0.1) is 0 Å². The minimum Gasteiger partial charge on any atom is 0.140 e. The number of hydrogen-bond donors (Lipinski definition) is 0. The molecule has 1 nitrogen and oxygen atoms in total. The molecule has 0 aromatic carbocycles. The van der Waals surface area contributed by atoms with E-state index in [9.17, 15) is 17.9 Å². The van der Waals surface area contributed by atoms with Crippen molar-refractivity contribution in [1.82, 2.24) is 0 Å². The van der Waals surface area contributed by atoms with E-state index >= 15 is 0 Å². The fraction of sp³-hybridized carbons (Fsp3) is 0. The Labute approximate surface area is 41.6 Å². The summed E-state index contributed by atoms with van der Waals surface area (Å²) in [4.78, 5) is 0. The Morgan fingerprint density at radius 2 is 0.833 bits per heavy atom. The zero-order chi connectivity index (χ0) is 4.50. The van der Waals surface area contributed by atoms with E-state index < -0.39 is 5.37 Å². The smallest absolute Gasteiger partial charge is 0.140 e. The van der Waals surface area contributed by atoms with Crippen LogP contribution < -0.4 is 0 Å². The first-order valence-electron chi connectivity index (χ1n) is 0.676. The maximum atomic E-state index is 9.62. The van der Waals surface area contributed by atoms with Crippen molar-refractivity contribution in [3.05, 3.63) is 0 Å². The van der Waals surface area contributed by atoms with Gasteiger partial charge in [0.2, 0.25) is 0 Å². The van der Waals surface area contributed by atoms with Crippen molar-refractivity contribution in [3.8, 4) is 0 Å². The van der Waals surface area contributed by atoms with Gasteiger partial charge in [-0.3, -0.25) is 0 Å². The SMILES string of the molecule is F[N+](F)(F)F.[Al+3]. The second-order valence-electron chi connectivity index (χ2n) is 0.383. The van der Waals surface area contributed by atoms with Crippen LogP contribution in [0.25, 0.3) is 0 Å². The van der Waals surface area contributed by atoms with Crippen LogP contribution in [0.4, 0.5) is 17.9 Å². The summed E-state index contributed by atoms with van der Waals surface area (Å²) < 4.78 is 38.5. The summed E-state index contributed by atoms with van der Waals surface area (Å²) in [5.74, 6) is 0. The van der Waals surface area contributed by atoms with E-state index in [2.05, 4.69) is 0 Å². The average molecular weight is 117 g/mol. The Morgan fingerprint density at radius 1 is 0.833 bits per heavy atom. The molecule has 0 amide bonds. The third-order valence-electron chi connectivity index (χ3n) is 0. The van der Waals surface area contributed by atoms with Crippen LogP contribution in [-0.2, 0) is 0 Å². The van der Waals surface area contributed by atoms with Gasteiger partial charge in [-0.1, -0.05) is 0 Å². The maximum Gasteiger partial charge on any atom is 3.00 e. The van der Waals surface area contributed by atoms with Gasteiger partial charge in [0.05, 0.1) is 0 Å². The summed E-state index contributed by atoms with van der Waals surface area (Å²) in [7, 11) is 0. The Hall–Kier alpha value is 0.212. The molecule has 6 heteroatoms. The van der Waals surface area contributed by atoms with Gasteiger partial charge in [-0.2, -0.15) is 0 Å². The van der Waals surface area contributed by atoms with Gasteiger partial charge in [-0.25, -0.2) is 0 Å². The number of quaternary nitrogens is 1. The van der Waals surface area contributed by atoms with E-state index in [1.54, 1.807) is 0 Å². The van der Waals surface area contributed by atoms with Crippen molar-refractivity contribution < 1.29 is 23.3 Å². The van der Waals surface area contributed by atoms with E-state index in [1.807, 2.05) is 0 Å². The summed E-state index contributed by atoms with van der Waals surface area (Å²) in [5.41, 5.74) is 0. The van der Waals surface area contributed by atoms with E-state index in [0.29, 0.717) is 0 Å². The molecule has 0 aliphatic heterocycles.